The summed E-state index contributed by atoms with van der Waals surface area (Å²) in [5.41, 5.74) is 5.84. The number of carboxylic acids is 1. The molecule has 0 radical (unpaired) electrons. The Labute approximate surface area is 173 Å². The third-order valence-electron chi connectivity index (χ3n) is 5.12. The molecular formula is C20H38N4O5. The third-order valence-corrected chi connectivity index (χ3v) is 5.12. The van der Waals surface area contributed by atoms with Gasteiger partial charge >= 0.3 is 5.97 Å². The Morgan fingerprint density at radius 3 is 1.90 bits per heavy atom. The van der Waals surface area contributed by atoms with Crippen molar-refractivity contribution in [3.63, 3.8) is 0 Å². The number of amides is 3. The van der Waals surface area contributed by atoms with Gasteiger partial charge in [-0.3, -0.25) is 14.4 Å². The van der Waals surface area contributed by atoms with Crippen LogP contribution in [0, 0.1) is 17.8 Å². The molecule has 0 bridgehead atoms. The normalized spacial score (nSPS) is 16.3. The van der Waals surface area contributed by atoms with Gasteiger partial charge in [-0.1, -0.05) is 54.4 Å². The van der Waals surface area contributed by atoms with Crippen molar-refractivity contribution >= 4 is 23.7 Å². The summed E-state index contributed by atoms with van der Waals surface area (Å²) in [7, 11) is 0. The van der Waals surface area contributed by atoms with Gasteiger partial charge in [-0.2, -0.15) is 0 Å². The maximum Gasteiger partial charge on any atom is 0.326 e. The smallest absolute Gasteiger partial charge is 0.326 e. The highest BCUT2D eigenvalue weighted by Gasteiger charge is 2.30. The van der Waals surface area contributed by atoms with Crippen LogP contribution in [0.4, 0.5) is 0 Å². The van der Waals surface area contributed by atoms with E-state index in [4.69, 9.17) is 5.73 Å². The van der Waals surface area contributed by atoms with Crippen LogP contribution >= 0.6 is 0 Å². The summed E-state index contributed by atoms with van der Waals surface area (Å²) in [6.07, 6.45) is 1.62. The average Bonchev–Trinajstić information content (AvgIpc) is 2.67. The summed E-state index contributed by atoms with van der Waals surface area (Å²) in [5.74, 6) is -2.79. The number of nitrogens with one attached hydrogen (secondary N) is 3. The molecule has 29 heavy (non-hydrogen) atoms. The van der Waals surface area contributed by atoms with Gasteiger partial charge in [-0.05, 0) is 24.2 Å². The molecule has 5 unspecified atom stereocenters. The lowest BCUT2D eigenvalue weighted by Gasteiger charge is -2.26. The molecule has 0 saturated carbocycles. The lowest BCUT2D eigenvalue weighted by molar-refractivity contribution is -0.143. The number of nitrogens with two attached hydrogens (primary N) is 1. The first kappa shape index (κ1) is 26.8. The predicted molar refractivity (Wildman–Crippen MR) is 111 cm³/mol. The van der Waals surface area contributed by atoms with Gasteiger partial charge in [0, 0.05) is 0 Å². The average molecular weight is 415 g/mol. The number of aliphatic carboxylic acids is 1. The van der Waals surface area contributed by atoms with Gasteiger partial charge < -0.3 is 26.8 Å². The minimum absolute atomic E-state index is 0.0226. The van der Waals surface area contributed by atoms with Crippen molar-refractivity contribution in [2.45, 2.75) is 78.9 Å². The number of carbonyl (C=O) groups is 4. The van der Waals surface area contributed by atoms with Crippen molar-refractivity contribution in [3.05, 3.63) is 0 Å². The molecule has 9 heteroatoms. The third kappa shape index (κ3) is 9.74. The molecule has 0 aliphatic carbocycles. The number of carboxylic acid groups (broad SMARTS) is 1. The fraction of sp³-hybridized carbons (Fsp3) is 0.800. The highest BCUT2D eigenvalue weighted by molar-refractivity contribution is 5.92. The molecule has 0 aliphatic rings. The molecule has 0 spiro atoms. The summed E-state index contributed by atoms with van der Waals surface area (Å²) in [4.78, 5) is 48.4. The zero-order chi connectivity index (χ0) is 22.7. The molecule has 0 aromatic rings. The molecule has 0 heterocycles. The van der Waals surface area contributed by atoms with Crippen LogP contribution in [0.15, 0.2) is 0 Å². The van der Waals surface area contributed by atoms with Crippen LogP contribution in [-0.2, 0) is 19.2 Å². The van der Waals surface area contributed by atoms with Gasteiger partial charge in [0.1, 0.15) is 12.1 Å². The van der Waals surface area contributed by atoms with Crippen LogP contribution in [-0.4, -0.2) is 53.5 Å². The summed E-state index contributed by atoms with van der Waals surface area (Å²) in [6, 6.07) is -2.64. The van der Waals surface area contributed by atoms with Gasteiger partial charge in [0.05, 0.1) is 12.6 Å². The molecule has 9 nitrogen and oxygen atoms in total. The van der Waals surface area contributed by atoms with Crippen LogP contribution in [0.5, 0.6) is 0 Å². The lowest BCUT2D eigenvalue weighted by Crippen LogP contribution is -2.56. The second-order valence-corrected chi connectivity index (χ2v) is 8.09. The fourth-order valence-corrected chi connectivity index (χ4v) is 2.68. The summed E-state index contributed by atoms with van der Waals surface area (Å²) in [6.45, 7) is 10.9. The Hall–Kier alpha value is -2.16. The van der Waals surface area contributed by atoms with E-state index in [0.29, 0.717) is 6.42 Å². The molecule has 0 saturated heterocycles. The maximum absolute atomic E-state index is 12.7. The molecule has 3 amide bonds. The van der Waals surface area contributed by atoms with Gasteiger partial charge in [0.15, 0.2) is 0 Å². The van der Waals surface area contributed by atoms with Gasteiger partial charge in [0.2, 0.25) is 17.7 Å². The topological polar surface area (TPSA) is 151 Å². The van der Waals surface area contributed by atoms with Crippen LogP contribution in [0.25, 0.3) is 0 Å². The molecule has 0 rings (SSSR count). The van der Waals surface area contributed by atoms with Crippen LogP contribution in [0.1, 0.15) is 60.8 Å². The summed E-state index contributed by atoms with van der Waals surface area (Å²) in [5, 5.41) is 16.9. The van der Waals surface area contributed by atoms with Crippen molar-refractivity contribution in [3.8, 4) is 0 Å². The van der Waals surface area contributed by atoms with E-state index in [1.165, 1.54) is 0 Å². The SMILES string of the molecule is CCC(C)C(N)C(=O)NCC(=O)NC(C(=O)NC(CC(C)C)C(=O)O)C(C)CC. The molecular weight excluding hydrogens is 376 g/mol. The van der Waals surface area contributed by atoms with Crippen LogP contribution in [0.3, 0.4) is 0 Å². The Bertz CT molecular complexity index is 567. The predicted octanol–water partition coefficient (Wildman–Crippen LogP) is 0.622. The standard InChI is InChI=1S/C20H38N4O5/c1-7-12(5)16(21)18(26)22-10-15(25)24-17(13(6)8-2)19(27)23-14(20(28)29)9-11(3)4/h11-14,16-17H,7-10,21H2,1-6H3,(H,22,26)(H,23,27)(H,24,25)(H,28,29). The van der Waals surface area contributed by atoms with Crippen molar-refractivity contribution in [2.24, 2.45) is 23.5 Å². The molecule has 6 N–H and O–H groups in total. The van der Waals surface area contributed by atoms with E-state index in [9.17, 15) is 24.3 Å². The summed E-state index contributed by atoms with van der Waals surface area (Å²) < 4.78 is 0. The second kappa shape index (κ2) is 13.1. The van der Waals surface area contributed by atoms with Gasteiger partial charge in [0.25, 0.3) is 0 Å². The van der Waals surface area contributed by atoms with Crippen LogP contribution < -0.4 is 21.7 Å². The largest absolute Gasteiger partial charge is 0.480 e. The van der Waals surface area contributed by atoms with E-state index in [1.54, 1.807) is 6.92 Å². The first-order valence-corrected chi connectivity index (χ1v) is 10.3. The Balaban J connectivity index is 4.98. The fourth-order valence-electron chi connectivity index (χ4n) is 2.68. The Morgan fingerprint density at radius 2 is 1.45 bits per heavy atom. The summed E-state index contributed by atoms with van der Waals surface area (Å²) >= 11 is 0. The minimum atomic E-state index is -1.12. The van der Waals surface area contributed by atoms with E-state index in [1.807, 2.05) is 34.6 Å². The zero-order valence-electron chi connectivity index (χ0n) is 18.5. The van der Waals surface area contributed by atoms with Crippen LogP contribution in [0.2, 0.25) is 0 Å². The Kier molecular flexibility index (Phi) is 12.2. The molecule has 0 aliphatic heterocycles. The lowest BCUT2D eigenvalue weighted by atomic mass is 9.97. The van der Waals surface area contributed by atoms with Crippen molar-refractivity contribution in [1.29, 1.82) is 0 Å². The van der Waals surface area contributed by atoms with Gasteiger partial charge in [-0.15, -0.1) is 0 Å². The highest BCUT2D eigenvalue weighted by atomic mass is 16.4. The van der Waals surface area contributed by atoms with E-state index >= 15 is 0 Å². The Morgan fingerprint density at radius 1 is 0.897 bits per heavy atom. The van der Waals surface area contributed by atoms with Crippen molar-refractivity contribution in [1.82, 2.24) is 16.0 Å². The monoisotopic (exact) mass is 414 g/mol. The van der Waals surface area contributed by atoms with E-state index in [0.717, 1.165) is 6.42 Å². The number of rotatable bonds is 13. The second-order valence-electron chi connectivity index (χ2n) is 8.09. The molecule has 0 aromatic heterocycles. The van der Waals surface area contributed by atoms with E-state index in [-0.39, 0.29) is 30.7 Å². The number of carbonyl (C=O) groups excluding carboxylic acids is 3. The molecule has 0 aromatic carbocycles. The molecule has 168 valence electrons. The number of hydrogen-bond acceptors (Lipinski definition) is 5. The van der Waals surface area contributed by atoms with Gasteiger partial charge in [-0.25, -0.2) is 4.79 Å². The van der Waals surface area contributed by atoms with E-state index < -0.39 is 41.8 Å². The van der Waals surface area contributed by atoms with Crippen molar-refractivity contribution < 1.29 is 24.3 Å². The minimum Gasteiger partial charge on any atom is -0.480 e. The highest BCUT2D eigenvalue weighted by Crippen LogP contribution is 2.11. The molecule has 5 atom stereocenters. The molecule has 0 fully saturated rings. The van der Waals surface area contributed by atoms with Crippen molar-refractivity contribution in [2.75, 3.05) is 6.54 Å². The van der Waals surface area contributed by atoms with E-state index in [2.05, 4.69) is 16.0 Å². The number of hydrogen-bond donors (Lipinski definition) is 5. The maximum atomic E-state index is 12.7. The quantitative estimate of drug-likeness (QED) is 0.298. The first-order valence-electron chi connectivity index (χ1n) is 10.3. The zero-order valence-corrected chi connectivity index (χ0v) is 18.5. The first-order chi connectivity index (χ1) is 13.4.